The summed E-state index contributed by atoms with van der Waals surface area (Å²) in [5.74, 6) is -1.08. The fraction of sp³-hybridized carbons (Fsp3) is 0.509. The van der Waals surface area contributed by atoms with Gasteiger partial charge in [0.2, 0.25) is 17.7 Å². The molecule has 382 valence electrons. The molecule has 2 N–H and O–H groups in total. The molecule has 1 spiro atoms. The molecule has 2 unspecified atom stereocenters. The first-order valence-corrected chi connectivity index (χ1v) is 26.2. The number of hydrogen-bond donors (Lipinski definition) is 2. The number of imide groups is 1. The molecule has 0 radical (unpaired) electrons. The summed E-state index contributed by atoms with van der Waals surface area (Å²) in [4.78, 5) is 61.2. The largest absolute Gasteiger partial charge is 0.508 e. The number of rotatable bonds is 12. The van der Waals surface area contributed by atoms with Crippen molar-refractivity contribution in [2.45, 2.75) is 88.6 Å². The number of aromatic hydroxyl groups is 1. The van der Waals surface area contributed by atoms with E-state index in [1.807, 2.05) is 23.6 Å². The molecule has 0 bridgehead atoms. The Bertz CT molecular complexity index is 3180. The number of pyridine rings is 1. The molecule has 6 aliphatic rings. The number of carbonyl (C=O) groups is 3. The van der Waals surface area contributed by atoms with Crippen LogP contribution < -0.4 is 15.0 Å². The van der Waals surface area contributed by atoms with E-state index >= 15 is 8.78 Å². The van der Waals surface area contributed by atoms with Crippen LogP contribution in [0.1, 0.15) is 93.4 Å². The zero-order valence-corrected chi connectivity index (χ0v) is 41.6. The van der Waals surface area contributed by atoms with Crippen LogP contribution in [0.2, 0.25) is 0 Å². The molecule has 73 heavy (non-hydrogen) atoms. The predicted octanol–water partition coefficient (Wildman–Crippen LogP) is 6.74. The van der Waals surface area contributed by atoms with Crippen molar-refractivity contribution >= 4 is 56.1 Å². The molecule has 3 aromatic carbocycles. The van der Waals surface area contributed by atoms with Crippen molar-refractivity contribution < 1.29 is 37.7 Å². The first-order valence-electron chi connectivity index (χ1n) is 26.2. The lowest BCUT2D eigenvalue weighted by Crippen LogP contribution is -2.56. The number of ether oxygens (including phenoxy) is 2. The van der Waals surface area contributed by atoms with Gasteiger partial charge in [-0.1, -0.05) is 25.1 Å². The van der Waals surface area contributed by atoms with E-state index in [2.05, 4.69) is 43.2 Å². The number of likely N-dealkylation sites (tertiary alicyclic amines) is 1. The number of piperidine rings is 3. The molecule has 3 aromatic heterocycles. The molecule has 8 heterocycles. The molecule has 5 saturated heterocycles. The van der Waals surface area contributed by atoms with Crippen molar-refractivity contribution in [1.29, 1.82) is 0 Å². The van der Waals surface area contributed by atoms with Gasteiger partial charge in [0.1, 0.15) is 28.6 Å². The molecular weight excluding hydrogens is 935 g/mol. The Labute approximate surface area is 422 Å². The van der Waals surface area contributed by atoms with E-state index in [0.717, 1.165) is 94.3 Å². The second-order valence-electron chi connectivity index (χ2n) is 21.6. The molecule has 2 atom stereocenters. The minimum atomic E-state index is -0.697. The van der Waals surface area contributed by atoms with Crippen molar-refractivity contribution in [3.63, 3.8) is 0 Å². The second kappa shape index (κ2) is 18.8. The maximum Gasteiger partial charge on any atom is 0.319 e. The van der Waals surface area contributed by atoms with Crippen molar-refractivity contribution in [3.8, 4) is 23.0 Å². The SMILES string of the molecule is CCc1c(F)ccc2cc(O)cc(-c3ncc4c(N5CCCC6(CCO6)C5)nc(OCC5(CN6CCN(C(=O)CN7CCC(c8ccc9c(C%10CCC(=O)NC%10=O)nn(C)c9c8)CC7)CC6)CC5)nc4c3F)c12. The molecule has 1 saturated carbocycles. The van der Waals surface area contributed by atoms with E-state index in [1.165, 1.54) is 17.7 Å². The van der Waals surface area contributed by atoms with Gasteiger partial charge in [-0.3, -0.25) is 39.2 Å². The number of fused-ring (bicyclic) bond motifs is 3. The van der Waals surface area contributed by atoms with Crippen molar-refractivity contribution in [1.82, 2.24) is 44.7 Å². The van der Waals surface area contributed by atoms with Gasteiger partial charge in [-0.15, -0.1) is 0 Å². The van der Waals surface area contributed by atoms with Crippen LogP contribution >= 0.6 is 0 Å². The summed E-state index contributed by atoms with van der Waals surface area (Å²) in [6.07, 6.45) is 9.34. The number of hydrogen-bond acceptors (Lipinski definition) is 13. The smallest absolute Gasteiger partial charge is 0.319 e. The van der Waals surface area contributed by atoms with Crippen LogP contribution in [0.25, 0.3) is 43.8 Å². The third-order valence-electron chi connectivity index (χ3n) is 16.8. The topological polar surface area (TPSA) is 171 Å². The van der Waals surface area contributed by atoms with Crippen LogP contribution in [-0.4, -0.2) is 147 Å². The van der Waals surface area contributed by atoms with Crippen LogP contribution in [-0.2, 0) is 32.6 Å². The number of nitrogens with zero attached hydrogens (tertiary/aromatic N) is 9. The van der Waals surface area contributed by atoms with Crippen LogP contribution in [0.5, 0.6) is 11.8 Å². The van der Waals surface area contributed by atoms with Gasteiger partial charge >= 0.3 is 6.01 Å². The maximum absolute atomic E-state index is 17.2. The number of phenolic OH excluding ortho intramolecular Hbond substituents is 1. The van der Waals surface area contributed by atoms with E-state index in [9.17, 15) is 19.5 Å². The number of amides is 3. The van der Waals surface area contributed by atoms with Gasteiger partial charge in [-0.25, -0.2) is 8.78 Å². The number of aryl methyl sites for hydroxylation is 2. The average Bonchev–Trinajstić information content (AvgIpc) is 4.08. The second-order valence-corrected chi connectivity index (χ2v) is 21.6. The number of benzene rings is 3. The third-order valence-corrected chi connectivity index (χ3v) is 16.8. The minimum Gasteiger partial charge on any atom is -0.508 e. The van der Waals surface area contributed by atoms with Crippen molar-refractivity contribution in [2.24, 2.45) is 12.5 Å². The van der Waals surface area contributed by atoms with Gasteiger partial charge in [-0.2, -0.15) is 15.1 Å². The molecule has 18 heteroatoms. The van der Waals surface area contributed by atoms with Crippen LogP contribution in [0, 0.1) is 17.0 Å². The number of nitrogens with one attached hydrogen (secondary N) is 1. The number of piperazine rings is 1. The van der Waals surface area contributed by atoms with E-state index in [1.54, 1.807) is 18.3 Å². The van der Waals surface area contributed by atoms with E-state index in [0.29, 0.717) is 98.7 Å². The standard InChI is InChI=1S/C55H62F2N10O6/c1-3-37-42(56)9-6-35-25-36(68)27-40(46(35)37)49-47(57)50-41(28-58-49)51(67-17-4-13-55(31-67)16-24-73-55)61-53(60-50)72-32-54(14-15-54)30-65-20-22-66(23-21-65)45(70)29-64-18-11-33(12-19-64)34-5-7-38-43(26-34)63(2)62-48(38)39-8-10-44(69)59-52(39)71/h5-7,9,25-28,33,39,68H,3-4,8,10-24,29-32H2,1-2H3,(H,59,69,71). The zero-order chi connectivity index (χ0) is 50.2. The highest BCUT2D eigenvalue weighted by molar-refractivity contribution is 6.03. The monoisotopic (exact) mass is 996 g/mol. The Morgan fingerprint density at radius 2 is 1.74 bits per heavy atom. The molecule has 1 aliphatic carbocycles. The molecule has 6 aromatic rings. The highest BCUT2D eigenvalue weighted by Gasteiger charge is 2.46. The van der Waals surface area contributed by atoms with Crippen LogP contribution in [0.3, 0.4) is 0 Å². The summed E-state index contributed by atoms with van der Waals surface area (Å²) in [5.41, 5.74) is 3.26. The lowest BCUT2D eigenvalue weighted by Gasteiger charge is -2.48. The molecule has 16 nitrogen and oxygen atoms in total. The summed E-state index contributed by atoms with van der Waals surface area (Å²) >= 11 is 0. The highest BCUT2D eigenvalue weighted by Crippen LogP contribution is 2.47. The average molecular weight is 997 g/mol. The van der Waals surface area contributed by atoms with Gasteiger partial charge < -0.3 is 24.4 Å². The van der Waals surface area contributed by atoms with Gasteiger partial charge in [0.05, 0.1) is 47.9 Å². The van der Waals surface area contributed by atoms with Gasteiger partial charge in [0, 0.05) is 88.3 Å². The quantitative estimate of drug-likeness (QED) is 0.124. The summed E-state index contributed by atoms with van der Waals surface area (Å²) in [6, 6.07) is 12.4. The minimum absolute atomic E-state index is 0.0385. The normalized spacial score (nSPS) is 22.9. The Kier molecular flexibility index (Phi) is 12.3. The lowest BCUT2D eigenvalue weighted by atomic mass is 9.86. The van der Waals surface area contributed by atoms with Crippen molar-refractivity contribution in [2.75, 3.05) is 83.6 Å². The van der Waals surface area contributed by atoms with Crippen LogP contribution in [0.15, 0.2) is 48.7 Å². The van der Waals surface area contributed by atoms with Crippen molar-refractivity contribution in [3.05, 3.63) is 77.1 Å². The fourth-order valence-corrected chi connectivity index (χ4v) is 12.4. The fourth-order valence-electron chi connectivity index (χ4n) is 12.4. The summed E-state index contributed by atoms with van der Waals surface area (Å²) < 4.78 is 46.9. The third kappa shape index (κ3) is 9.02. The predicted molar refractivity (Wildman–Crippen MR) is 270 cm³/mol. The Morgan fingerprint density at radius 3 is 2.48 bits per heavy atom. The molecule has 5 aliphatic heterocycles. The van der Waals surface area contributed by atoms with Gasteiger partial charge in [0.15, 0.2) is 5.82 Å². The molecule has 6 fully saturated rings. The zero-order valence-electron chi connectivity index (χ0n) is 41.6. The number of halogens is 2. The van der Waals surface area contributed by atoms with Crippen LogP contribution in [0.4, 0.5) is 14.6 Å². The first-order chi connectivity index (χ1) is 35.3. The Hall–Kier alpha value is -6.37. The number of aromatic nitrogens is 5. The summed E-state index contributed by atoms with van der Waals surface area (Å²) in [6.45, 7) is 9.95. The highest BCUT2D eigenvalue weighted by atomic mass is 19.1. The van der Waals surface area contributed by atoms with Gasteiger partial charge in [-0.05, 0) is 117 Å². The summed E-state index contributed by atoms with van der Waals surface area (Å²) in [7, 11) is 1.90. The lowest BCUT2D eigenvalue weighted by molar-refractivity contribution is -0.151. The Morgan fingerprint density at radius 1 is 0.932 bits per heavy atom. The Balaban J connectivity index is 0.687. The number of anilines is 1. The molecular formula is C55H62F2N10O6. The molecule has 12 rings (SSSR count). The van der Waals surface area contributed by atoms with E-state index < -0.39 is 17.6 Å². The number of carbonyl (C=O) groups excluding carboxylic acids is 3. The van der Waals surface area contributed by atoms with E-state index in [4.69, 9.17) is 24.5 Å². The first kappa shape index (κ1) is 47.6. The molecule has 3 amide bonds. The summed E-state index contributed by atoms with van der Waals surface area (Å²) in [5, 5.41) is 20.4. The number of phenols is 1. The maximum atomic E-state index is 17.2. The van der Waals surface area contributed by atoms with E-state index in [-0.39, 0.29) is 57.3 Å². The van der Waals surface area contributed by atoms with Gasteiger partial charge in [0.25, 0.3) is 0 Å².